The smallest absolute Gasteiger partial charge is 0.267 e. The molecule has 0 spiro atoms. The zero-order valence-corrected chi connectivity index (χ0v) is 10.2. The van der Waals surface area contributed by atoms with Gasteiger partial charge in [-0.1, -0.05) is 11.2 Å². The van der Waals surface area contributed by atoms with E-state index < -0.39 is 17.8 Å². The van der Waals surface area contributed by atoms with E-state index in [9.17, 15) is 19.5 Å². The molecule has 0 atom stereocenters. The van der Waals surface area contributed by atoms with Crippen molar-refractivity contribution in [2.45, 2.75) is 6.92 Å². The van der Waals surface area contributed by atoms with E-state index in [1.54, 1.807) is 6.92 Å². The van der Waals surface area contributed by atoms with Crippen molar-refractivity contribution in [1.82, 2.24) is 5.16 Å². The van der Waals surface area contributed by atoms with Gasteiger partial charge in [0.1, 0.15) is 5.76 Å². The molecule has 7 heteroatoms. The molecule has 3 rings (SSSR count). The Morgan fingerprint density at radius 3 is 2.50 bits per heavy atom. The second-order valence-electron chi connectivity index (χ2n) is 4.29. The highest BCUT2D eigenvalue weighted by atomic mass is 16.5. The number of hydrogen-bond donors (Lipinski definition) is 0. The molecule has 2 heterocycles. The van der Waals surface area contributed by atoms with Crippen LogP contribution >= 0.6 is 0 Å². The van der Waals surface area contributed by atoms with E-state index in [0.717, 1.165) is 11.0 Å². The summed E-state index contributed by atoms with van der Waals surface area (Å²) in [6.07, 6.45) is 0. The fraction of sp³-hybridized carbons (Fsp3) is 0.0769. The monoisotopic (exact) mass is 271 g/mol. The van der Waals surface area contributed by atoms with E-state index in [0.29, 0.717) is 5.76 Å². The number of carbonyl (C=O) groups excluding carboxylic acids is 3. The average Bonchev–Trinajstić information content (AvgIpc) is 2.93. The quantitative estimate of drug-likeness (QED) is 0.720. The number of aromatic carboxylic acids is 1. The lowest BCUT2D eigenvalue weighted by Gasteiger charge is -2.07. The van der Waals surface area contributed by atoms with Gasteiger partial charge in [-0.15, -0.1) is 0 Å². The van der Waals surface area contributed by atoms with E-state index in [1.807, 2.05) is 0 Å². The first-order chi connectivity index (χ1) is 9.49. The molecule has 0 N–H and O–H groups in total. The van der Waals surface area contributed by atoms with Crippen LogP contribution in [-0.4, -0.2) is 22.9 Å². The Bertz CT molecular complexity index is 762. The molecule has 20 heavy (non-hydrogen) atoms. The number of carboxylic acids is 1. The van der Waals surface area contributed by atoms with Crippen LogP contribution in [0.4, 0.5) is 5.82 Å². The van der Waals surface area contributed by atoms with Gasteiger partial charge in [-0.3, -0.25) is 9.59 Å². The van der Waals surface area contributed by atoms with Crippen LogP contribution in [0.5, 0.6) is 0 Å². The summed E-state index contributed by atoms with van der Waals surface area (Å²) in [5, 5.41) is 14.4. The molecule has 0 saturated carbocycles. The van der Waals surface area contributed by atoms with E-state index in [4.69, 9.17) is 4.52 Å². The summed E-state index contributed by atoms with van der Waals surface area (Å²) in [5.74, 6) is -2.09. The molecule has 100 valence electrons. The minimum atomic E-state index is -1.41. The highest BCUT2D eigenvalue weighted by Crippen LogP contribution is 2.28. The van der Waals surface area contributed by atoms with E-state index in [1.165, 1.54) is 18.2 Å². The Morgan fingerprint density at radius 1 is 1.20 bits per heavy atom. The summed E-state index contributed by atoms with van der Waals surface area (Å²) in [6.45, 7) is 1.63. The second kappa shape index (κ2) is 4.02. The van der Waals surface area contributed by atoms with Gasteiger partial charge in [-0.25, -0.2) is 4.90 Å². The van der Waals surface area contributed by atoms with E-state index in [2.05, 4.69) is 5.16 Å². The molecular formula is C13H7N2O5-. The molecule has 0 aliphatic carbocycles. The molecule has 2 amide bonds. The highest BCUT2D eigenvalue weighted by molar-refractivity contribution is 6.34. The van der Waals surface area contributed by atoms with Crippen molar-refractivity contribution in [3.8, 4) is 0 Å². The number of nitrogens with zero attached hydrogens (tertiary/aromatic N) is 2. The lowest BCUT2D eigenvalue weighted by Crippen LogP contribution is -2.29. The third-order valence-corrected chi connectivity index (χ3v) is 2.97. The van der Waals surface area contributed by atoms with Gasteiger partial charge in [0.25, 0.3) is 11.8 Å². The SMILES string of the molecule is Cc1cc(N2C(=O)c3ccc(C(=O)[O-])cc3C2=O)no1. The van der Waals surface area contributed by atoms with Gasteiger partial charge in [0.15, 0.2) is 5.82 Å². The van der Waals surface area contributed by atoms with Gasteiger partial charge in [0, 0.05) is 6.07 Å². The number of aryl methyl sites for hydroxylation is 1. The molecule has 1 aliphatic heterocycles. The predicted molar refractivity (Wildman–Crippen MR) is 63.2 cm³/mol. The maximum Gasteiger partial charge on any atom is 0.267 e. The highest BCUT2D eigenvalue weighted by Gasteiger charge is 2.38. The molecule has 0 unspecified atom stereocenters. The lowest BCUT2D eigenvalue weighted by atomic mass is 10.1. The third kappa shape index (κ3) is 1.60. The van der Waals surface area contributed by atoms with Crippen LogP contribution in [0.25, 0.3) is 0 Å². The van der Waals surface area contributed by atoms with Gasteiger partial charge in [0.2, 0.25) is 0 Å². The minimum Gasteiger partial charge on any atom is -0.545 e. The molecule has 2 aromatic rings. The van der Waals surface area contributed by atoms with Gasteiger partial charge in [0.05, 0.1) is 17.1 Å². The van der Waals surface area contributed by atoms with Crippen LogP contribution in [0.1, 0.15) is 36.8 Å². The molecule has 7 nitrogen and oxygen atoms in total. The Balaban J connectivity index is 2.10. The van der Waals surface area contributed by atoms with Gasteiger partial charge in [-0.05, 0) is 24.6 Å². The van der Waals surface area contributed by atoms with Crippen molar-refractivity contribution in [3.05, 3.63) is 46.7 Å². The fourth-order valence-electron chi connectivity index (χ4n) is 2.03. The Kier molecular flexibility index (Phi) is 2.43. The summed E-state index contributed by atoms with van der Waals surface area (Å²) < 4.78 is 4.83. The average molecular weight is 271 g/mol. The number of amides is 2. The van der Waals surface area contributed by atoms with Crippen molar-refractivity contribution >= 4 is 23.6 Å². The number of fused-ring (bicyclic) bond motifs is 1. The molecule has 0 saturated heterocycles. The van der Waals surface area contributed by atoms with Crippen molar-refractivity contribution in [2.24, 2.45) is 0 Å². The number of anilines is 1. The largest absolute Gasteiger partial charge is 0.545 e. The van der Waals surface area contributed by atoms with Crippen molar-refractivity contribution in [3.63, 3.8) is 0 Å². The normalized spacial score (nSPS) is 13.8. The standard InChI is InChI=1S/C13H8N2O5/c1-6-4-10(14-20-6)15-11(16)8-3-2-7(13(18)19)5-9(8)12(15)17/h2-5H,1H3,(H,18,19)/p-1. The van der Waals surface area contributed by atoms with Gasteiger partial charge < -0.3 is 14.4 Å². The molecule has 0 bridgehead atoms. The summed E-state index contributed by atoms with van der Waals surface area (Å²) in [7, 11) is 0. The molecule has 0 fully saturated rings. The number of imide groups is 1. The molecule has 1 aromatic heterocycles. The van der Waals surface area contributed by atoms with Gasteiger partial charge in [-0.2, -0.15) is 0 Å². The zero-order chi connectivity index (χ0) is 14.4. The van der Waals surface area contributed by atoms with Crippen LogP contribution in [0.15, 0.2) is 28.8 Å². The first-order valence-electron chi connectivity index (χ1n) is 5.66. The lowest BCUT2D eigenvalue weighted by molar-refractivity contribution is -0.255. The van der Waals surface area contributed by atoms with Crippen LogP contribution in [0.2, 0.25) is 0 Å². The fourth-order valence-corrected chi connectivity index (χ4v) is 2.03. The Labute approximate surface area is 112 Å². The second-order valence-corrected chi connectivity index (χ2v) is 4.29. The minimum absolute atomic E-state index is 0.0114. The van der Waals surface area contributed by atoms with Crippen LogP contribution in [0, 0.1) is 6.92 Å². The Morgan fingerprint density at radius 2 is 1.90 bits per heavy atom. The molecule has 1 aromatic carbocycles. The molecular weight excluding hydrogens is 264 g/mol. The van der Waals surface area contributed by atoms with E-state index in [-0.39, 0.29) is 22.5 Å². The summed E-state index contributed by atoms with van der Waals surface area (Å²) >= 11 is 0. The summed E-state index contributed by atoms with van der Waals surface area (Å²) in [6, 6.07) is 5.07. The van der Waals surface area contributed by atoms with Crippen LogP contribution in [-0.2, 0) is 0 Å². The number of aromatic nitrogens is 1. The molecule has 0 radical (unpaired) electrons. The number of rotatable bonds is 2. The van der Waals surface area contributed by atoms with Crippen LogP contribution in [0.3, 0.4) is 0 Å². The van der Waals surface area contributed by atoms with Gasteiger partial charge >= 0.3 is 0 Å². The van der Waals surface area contributed by atoms with Crippen LogP contribution < -0.4 is 10.0 Å². The first-order valence-corrected chi connectivity index (χ1v) is 5.66. The maximum absolute atomic E-state index is 12.2. The zero-order valence-electron chi connectivity index (χ0n) is 10.2. The van der Waals surface area contributed by atoms with Crippen molar-refractivity contribution in [1.29, 1.82) is 0 Å². The number of carboxylic acid groups (broad SMARTS) is 1. The molecule has 1 aliphatic rings. The van der Waals surface area contributed by atoms with Crippen molar-refractivity contribution < 1.29 is 24.0 Å². The number of hydrogen-bond acceptors (Lipinski definition) is 6. The third-order valence-electron chi connectivity index (χ3n) is 2.97. The van der Waals surface area contributed by atoms with Crippen molar-refractivity contribution in [2.75, 3.05) is 4.90 Å². The number of benzene rings is 1. The first kappa shape index (κ1) is 12.1. The topological polar surface area (TPSA) is 104 Å². The van der Waals surface area contributed by atoms with E-state index >= 15 is 0 Å². The summed E-state index contributed by atoms with van der Waals surface area (Å²) in [5.41, 5.74) is -0.0268. The summed E-state index contributed by atoms with van der Waals surface area (Å²) in [4.78, 5) is 36.0. The number of carbonyl (C=O) groups is 3. The Hall–Kier alpha value is -2.96. The predicted octanol–water partition coefficient (Wildman–Crippen LogP) is 0.147. The maximum atomic E-state index is 12.2.